The maximum atomic E-state index is 12.2. The molecule has 1 fully saturated rings. The fourth-order valence-corrected chi connectivity index (χ4v) is 5.27. The Hall–Kier alpha value is -1.93. The molecule has 1 saturated heterocycles. The standard InChI is InChI=1S/C16H18N2O4S2/c1-22-13-4-2-12(3-5-13)16-18-14(9-23-16)15(19)17-8-11-6-7-24(20,21)10-11/h2-5,9,11H,6-8,10H2,1H3,(H,17,19). The third kappa shape index (κ3) is 3.93. The Morgan fingerprint density at radius 2 is 2.12 bits per heavy atom. The molecule has 6 nitrogen and oxygen atoms in total. The highest BCUT2D eigenvalue weighted by molar-refractivity contribution is 7.91. The van der Waals surface area contributed by atoms with Crippen LogP contribution in [0.15, 0.2) is 29.6 Å². The number of methoxy groups -OCH3 is 1. The Kier molecular flexibility index (Phi) is 4.86. The Labute approximate surface area is 144 Å². The third-order valence-electron chi connectivity index (χ3n) is 3.95. The highest BCUT2D eigenvalue weighted by Crippen LogP contribution is 2.25. The van der Waals surface area contributed by atoms with Crippen LogP contribution in [0.2, 0.25) is 0 Å². The summed E-state index contributed by atoms with van der Waals surface area (Å²) in [6, 6.07) is 7.47. The maximum absolute atomic E-state index is 12.2. The van der Waals surface area contributed by atoms with Crippen LogP contribution in [-0.2, 0) is 9.84 Å². The van der Waals surface area contributed by atoms with Crippen LogP contribution >= 0.6 is 11.3 Å². The van der Waals surface area contributed by atoms with Gasteiger partial charge in [-0.15, -0.1) is 11.3 Å². The van der Waals surface area contributed by atoms with E-state index in [9.17, 15) is 13.2 Å². The second kappa shape index (κ2) is 6.90. The van der Waals surface area contributed by atoms with Gasteiger partial charge in [0.1, 0.15) is 16.5 Å². The average Bonchev–Trinajstić information content (AvgIpc) is 3.19. The molecular formula is C16H18N2O4S2. The minimum atomic E-state index is -2.92. The van der Waals surface area contributed by atoms with Gasteiger partial charge in [-0.2, -0.15) is 0 Å². The van der Waals surface area contributed by atoms with E-state index in [4.69, 9.17) is 4.74 Å². The van der Waals surface area contributed by atoms with Crippen molar-refractivity contribution < 1.29 is 17.9 Å². The van der Waals surface area contributed by atoms with Crippen LogP contribution in [0.1, 0.15) is 16.9 Å². The summed E-state index contributed by atoms with van der Waals surface area (Å²) < 4.78 is 28.0. The molecule has 2 aromatic rings. The lowest BCUT2D eigenvalue weighted by molar-refractivity contribution is 0.0944. The third-order valence-corrected chi connectivity index (χ3v) is 6.68. The lowest BCUT2D eigenvalue weighted by atomic mass is 10.1. The van der Waals surface area contributed by atoms with Gasteiger partial charge in [-0.3, -0.25) is 4.79 Å². The van der Waals surface area contributed by atoms with E-state index in [0.717, 1.165) is 16.3 Å². The number of rotatable bonds is 5. The zero-order valence-electron chi connectivity index (χ0n) is 13.2. The number of aromatic nitrogens is 1. The molecule has 0 aliphatic carbocycles. The Balaban J connectivity index is 1.61. The fourth-order valence-electron chi connectivity index (χ4n) is 2.60. The van der Waals surface area contributed by atoms with Crippen molar-refractivity contribution in [3.05, 3.63) is 35.3 Å². The molecule has 3 rings (SSSR count). The quantitative estimate of drug-likeness (QED) is 0.875. The second-order valence-corrected chi connectivity index (χ2v) is 8.83. The molecule has 8 heteroatoms. The van der Waals surface area contributed by atoms with Gasteiger partial charge in [0, 0.05) is 17.5 Å². The first-order valence-corrected chi connectivity index (χ1v) is 10.3. The number of nitrogens with one attached hydrogen (secondary N) is 1. The number of carbonyl (C=O) groups is 1. The number of benzene rings is 1. The van der Waals surface area contributed by atoms with Crippen molar-refractivity contribution in [3.63, 3.8) is 0 Å². The highest BCUT2D eigenvalue weighted by atomic mass is 32.2. The molecule has 0 saturated carbocycles. The lowest BCUT2D eigenvalue weighted by Crippen LogP contribution is -2.30. The van der Waals surface area contributed by atoms with E-state index in [0.29, 0.717) is 18.7 Å². The van der Waals surface area contributed by atoms with Crippen molar-refractivity contribution in [2.45, 2.75) is 6.42 Å². The first-order valence-electron chi connectivity index (χ1n) is 7.55. The number of thiazole rings is 1. The van der Waals surface area contributed by atoms with Crippen LogP contribution < -0.4 is 10.1 Å². The summed E-state index contributed by atoms with van der Waals surface area (Å²) in [5.41, 5.74) is 1.27. The first kappa shape index (κ1) is 16.9. The second-order valence-electron chi connectivity index (χ2n) is 5.75. The average molecular weight is 366 g/mol. The summed E-state index contributed by atoms with van der Waals surface area (Å²) in [5.74, 6) is 0.863. The maximum Gasteiger partial charge on any atom is 0.270 e. The molecule has 1 amide bonds. The number of hydrogen-bond donors (Lipinski definition) is 1. The van der Waals surface area contributed by atoms with Crippen molar-refractivity contribution in [3.8, 4) is 16.3 Å². The van der Waals surface area contributed by atoms with E-state index in [1.807, 2.05) is 24.3 Å². The van der Waals surface area contributed by atoms with Crippen molar-refractivity contribution >= 4 is 27.1 Å². The molecule has 0 spiro atoms. The summed E-state index contributed by atoms with van der Waals surface area (Å²) >= 11 is 1.39. The normalized spacial score (nSPS) is 19.1. The number of hydrogen-bond acceptors (Lipinski definition) is 6. The molecule has 1 unspecified atom stereocenters. The van der Waals surface area contributed by atoms with E-state index >= 15 is 0 Å². The molecule has 24 heavy (non-hydrogen) atoms. The van der Waals surface area contributed by atoms with E-state index in [2.05, 4.69) is 10.3 Å². The van der Waals surface area contributed by atoms with Crippen molar-refractivity contribution in [2.24, 2.45) is 5.92 Å². The summed E-state index contributed by atoms with van der Waals surface area (Å²) in [7, 11) is -1.31. The van der Waals surface area contributed by atoms with Gasteiger partial charge in [-0.1, -0.05) is 0 Å². The van der Waals surface area contributed by atoms with Crippen LogP contribution in [-0.4, -0.2) is 44.5 Å². The molecule has 1 aromatic heterocycles. The van der Waals surface area contributed by atoms with E-state index < -0.39 is 9.84 Å². The van der Waals surface area contributed by atoms with Crippen molar-refractivity contribution in [1.29, 1.82) is 0 Å². The van der Waals surface area contributed by atoms with Crippen LogP contribution in [0.25, 0.3) is 10.6 Å². The smallest absolute Gasteiger partial charge is 0.270 e. The summed E-state index contributed by atoms with van der Waals surface area (Å²) in [5, 5.41) is 5.25. The van der Waals surface area contributed by atoms with Gasteiger partial charge in [0.05, 0.1) is 18.6 Å². The van der Waals surface area contributed by atoms with Gasteiger partial charge >= 0.3 is 0 Å². The molecule has 1 N–H and O–H groups in total. The van der Waals surface area contributed by atoms with Crippen molar-refractivity contribution in [1.82, 2.24) is 10.3 Å². The van der Waals surface area contributed by atoms with Crippen LogP contribution in [0, 0.1) is 5.92 Å². The highest BCUT2D eigenvalue weighted by Gasteiger charge is 2.28. The monoisotopic (exact) mass is 366 g/mol. The number of ether oxygens (including phenoxy) is 1. The Bertz CT molecular complexity index is 828. The molecule has 1 aliphatic rings. The van der Waals surface area contributed by atoms with Gasteiger partial charge in [-0.25, -0.2) is 13.4 Å². The van der Waals surface area contributed by atoms with Gasteiger partial charge in [0.15, 0.2) is 9.84 Å². The number of sulfone groups is 1. The number of carbonyl (C=O) groups excluding carboxylic acids is 1. The summed E-state index contributed by atoms with van der Waals surface area (Å²) in [6.07, 6.45) is 0.608. The largest absolute Gasteiger partial charge is 0.497 e. The van der Waals surface area contributed by atoms with Crippen molar-refractivity contribution in [2.75, 3.05) is 25.2 Å². The minimum Gasteiger partial charge on any atom is -0.497 e. The Morgan fingerprint density at radius 1 is 1.38 bits per heavy atom. The Morgan fingerprint density at radius 3 is 2.75 bits per heavy atom. The zero-order chi connectivity index (χ0) is 17.2. The van der Waals surface area contributed by atoms with Gasteiger partial charge in [-0.05, 0) is 36.6 Å². The summed E-state index contributed by atoms with van der Waals surface area (Å²) in [4.78, 5) is 16.5. The number of amides is 1. The minimum absolute atomic E-state index is 0.00126. The van der Waals surface area contributed by atoms with Gasteiger partial charge in [0.2, 0.25) is 0 Å². The van der Waals surface area contributed by atoms with E-state index in [-0.39, 0.29) is 23.3 Å². The van der Waals surface area contributed by atoms with Gasteiger partial charge < -0.3 is 10.1 Å². The molecule has 0 bridgehead atoms. The first-order chi connectivity index (χ1) is 11.5. The lowest BCUT2D eigenvalue weighted by Gasteiger charge is -2.08. The molecule has 0 radical (unpaired) electrons. The van der Waals surface area contributed by atoms with Crippen LogP contribution in [0.4, 0.5) is 0 Å². The SMILES string of the molecule is COc1ccc(-c2nc(C(=O)NCC3CCS(=O)(=O)C3)cs2)cc1. The molecule has 1 atom stereocenters. The molecular weight excluding hydrogens is 348 g/mol. The molecule has 128 valence electrons. The van der Waals surface area contributed by atoms with E-state index in [1.54, 1.807) is 12.5 Å². The van der Waals surface area contributed by atoms with Crippen LogP contribution in [0.3, 0.4) is 0 Å². The molecule has 1 aliphatic heterocycles. The topological polar surface area (TPSA) is 85.4 Å². The summed E-state index contributed by atoms with van der Waals surface area (Å²) in [6.45, 7) is 0.369. The van der Waals surface area contributed by atoms with E-state index in [1.165, 1.54) is 11.3 Å². The fraction of sp³-hybridized carbons (Fsp3) is 0.375. The van der Waals surface area contributed by atoms with Crippen LogP contribution in [0.5, 0.6) is 5.75 Å². The predicted molar refractivity (Wildman–Crippen MR) is 93.2 cm³/mol. The molecule has 1 aromatic carbocycles. The molecule has 2 heterocycles. The van der Waals surface area contributed by atoms with Gasteiger partial charge in [0.25, 0.3) is 5.91 Å². The zero-order valence-corrected chi connectivity index (χ0v) is 14.8. The predicted octanol–water partition coefficient (Wildman–Crippen LogP) is 1.98. The number of nitrogens with zero attached hydrogens (tertiary/aromatic N) is 1.